The Bertz CT molecular complexity index is 1050. The summed E-state index contributed by atoms with van der Waals surface area (Å²) in [5.74, 6) is -14.2. The topological polar surface area (TPSA) is 130 Å². The molecule has 1 aromatic carbocycles. The number of likely N-dealkylation sites (N-methyl/N-ethyl adjacent to an activating group) is 1. The molecule has 1 amide bonds. The Hall–Kier alpha value is -2.71. The SMILES string of the molecule is CN(CCOCCOCCOCCOCCOCCOCCOCCOCCC(=O)Oc1c(F)c(F)c(F)c(F)c1F)C(=O)OC(C)(C)C. The molecule has 0 aromatic heterocycles. The van der Waals surface area contributed by atoms with Crippen LogP contribution >= 0.6 is 0 Å². The van der Waals surface area contributed by atoms with Gasteiger partial charge >= 0.3 is 12.1 Å². The fraction of sp³-hybridized carbons (Fsp3) is 0.742. The summed E-state index contributed by atoms with van der Waals surface area (Å²) < 4.78 is 119. The van der Waals surface area contributed by atoms with Gasteiger partial charge in [-0.05, 0) is 20.8 Å². The van der Waals surface area contributed by atoms with Crippen LogP contribution in [0.2, 0.25) is 0 Å². The largest absolute Gasteiger partial charge is 0.444 e. The van der Waals surface area contributed by atoms with Crippen LogP contribution in [0.5, 0.6) is 5.75 Å². The maximum absolute atomic E-state index is 13.5. The molecule has 13 nitrogen and oxygen atoms in total. The summed E-state index contributed by atoms with van der Waals surface area (Å²) >= 11 is 0. The van der Waals surface area contributed by atoms with Crippen molar-refractivity contribution in [2.45, 2.75) is 32.8 Å². The number of carbonyl (C=O) groups excluding carboxylic acids is 2. The van der Waals surface area contributed by atoms with Crippen LogP contribution in [0.1, 0.15) is 27.2 Å². The van der Waals surface area contributed by atoms with Crippen molar-refractivity contribution in [1.82, 2.24) is 4.90 Å². The van der Waals surface area contributed by atoms with Crippen LogP contribution in [0, 0.1) is 29.1 Å². The second-order valence-corrected chi connectivity index (χ2v) is 10.9. The molecule has 0 aliphatic rings. The molecular weight excluding hydrogens is 673 g/mol. The maximum atomic E-state index is 13.5. The van der Waals surface area contributed by atoms with E-state index in [0.29, 0.717) is 85.8 Å². The van der Waals surface area contributed by atoms with E-state index in [1.807, 2.05) is 20.8 Å². The molecule has 0 heterocycles. The lowest BCUT2D eigenvalue weighted by Gasteiger charge is -2.24. The summed E-state index contributed by atoms with van der Waals surface area (Å²) in [5, 5.41) is 0. The van der Waals surface area contributed by atoms with Crippen LogP contribution in [0.25, 0.3) is 0 Å². The summed E-state index contributed by atoms with van der Waals surface area (Å²) in [4.78, 5) is 24.9. The molecule has 18 heteroatoms. The van der Waals surface area contributed by atoms with E-state index in [2.05, 4.69) is 4.74 Å². The van der Waals surface area contributed by atoms with Gasteiger partial charge in [-0.3, -0.25) is 4.79 Å². The predicted octanol–water partition coefficient (Wildman–Crippen LogP) is 3.68. The van der Waals surface area contributed by atoms with Crippen molar-refractivity contribution in [3.8, 4) is 5.75 Å². The molecular formula is C31H48F5NO12. The minimum Gasteiger partial charge on any atom is -0.444 e. The van der Waals surface area contributed by atoms with Gasteiger partial charge in [0.2, 0.25) is 34.8 Å². The zero-order valence-electron chi connectivity index (χ0n) is 28.5. The first-order valence-electron chi connectivity index (χ1n) is 15.6. The predicted molar refractivity (Wildman–Crippen MR) is 162 cm³/mol. The van der Waals surface area contributed by atoms with Gasteiger partial charge in [-0.25, -0.2) is 18.0 Å². The maximum Gasteiger partial charge on any atom is 0.410 e. The van der Waals surface area contributed by atoms with Gasteiger partial charge in [-0.1, -0.05) is 0 Å². The number of amides is 1. The highest BCUT2D eigenvalue weighted by Gasteiger charge is 2.28. The molecule has 0 aliphatic heterocycles. The third-order valence-corrected chi connectivity index (χ3v) is 5.72. The van der Waals surface area contributed by atoms with Gasteiger partial charge < -0.3 is 52.3 Å². The minimum absolute atomic E-state index is 0.0758. The highest BCUT2D eigenvalue weighted by molar-refractivity contribution is 5.72. The van der Waals surface area contributed by atoms with Gasteiger partial charge in [0.15, 0.2) is 0 Å². The lowest BCUT2D eigenvalue weighted by molar-refractivity contribution is -0.136. The quantitative estimate of drug-likeness (QED) is 0.0313. The fourth-order valence-corrected chi connectivity index (χ4v) is 3.27. The smallest absolute Gasteiger partial charge is 0.410 e. The third-order valence-electron chi connectivity index (χ3n) is 5.72. The van der Waals surface area contributed by atoms with Gasteiger partial charge in [0.25, 0.3) is 0 Å². The van der Waals surface area contributed by atoms with E-state index in [-0.39, 0.29) is 26.4 Å². The summed E-state index contributed by atoms with van der Waals surface area (Å²) in [6, 6.07) is 0. The Balaban J connectivity index is 1.80. The van der Waals surface area contributed by atoms with Crippen LogP contribution in [0.3, 0.4) is 0 Å². The van der Waals surface area contributed by atoms with Gasteiger partial charge in [-0.15, -0.1) is 0 Å². The van der Waals surface area contributed by atoms with Crippen molar-refractivity contribution in [3.05, 3.63) is 29.1 Å². The first kappa shape index (κ1) is 44.3. The molecule has 1 aromatic rings. The standard InChI is InChI=1S/C31H48F5NO12/c1-31(2,3)49-30(39)37(4)6-8-41-10-12-43-14-16-45-18-20-47-22-21-46-19-17-44-15-13-42-11-9-40-7-5-23(38)48-29-27(35)25(33)24(32)26(34)28(29)36/h5-22H2,1-4H3. The van der Waals surface area contributed by atoms with Gasteiger partial charge in [0.1, 0.15) is 5.60 Å². The van der Waals surface area contributed by atoms with E-state index in [0.717, 1.165) is 0 Å². The van der Waals surface area contributed by atoms with Crippen LogP contribution in [-0.2, 0) is 47.4 Å². The summed E-state index contributed by atoms with van der Waals surface area (Å²) in [5.41, 5.74) is -0.537. The summed E-state index contributed by atoms with van der Waals surface area (Å²) in [6.07, 6.45) is -0.885. The van der Waals surface area contributed by atoms with Crippen molar-refractivity contribution in [2.24, 2.45) is 0 Å². The van der Waals surface area contributed by atoms with Gasteiger partial charge in [0, 0.05) is 13.6 Å². The Morgan fingerprint density at radius 2 is 0.816 bits per heavy atom. The van der Waals surface area contributed by atoms with Crippen molar-refractivity contribution < 1.29 is 78.9 Å². The molecule has 0 saturated carbocycles. The Morgan fingerprint density at radius 3 is 1.16 bits per heavy atom. The van der Waals surface area contributed by atoms with E-state index in [4.69, 9.17) is 42.6 Å². The van der Waals surface area contributed by atoms with Crippen LogP contribution < -0.4 is 4.74 Å². The second-order valence-electron chi connectivity index (χ2n) is 10.9. The molecule has 0 N–H and O–H groups in total. The number of rotatable bonds is 28. The minimum atomic E-state index is -2.35. The highest BCUT2D eigenvalue weighted by Crippen LogP contribution is 2.29. The Kier molecular flexibility index (Phi) is 23.6. The molecule has 0 radical (unpaired) electrons. The van der Waals surface area contributed by atoms with Crippen molar-refractivity contribution in [3.63, 3.8) is 0 Å². The zero-order chi connectivity index (χ0) is 36.5. The number of hydrogen-bond acceptors (Lipinski definition) is 12. The second kappa shape index (κ2) is 26.1. The highest BCUT2D eigenvalue weighted by atomic mass is 19.2. The number of ether oxygens (including phenoxy) is 10. The van der Waals surface area contributed by atoms with Crippen molar-refractivity contribution >= 4 is 12.1 Å². The molecule has 0 fully saturated rings. The fourth-order valence-electron chi connectivity index (χ4n) is 3.27. The van der Waals surface area contributed by atoms with Crippen LogP contribution in [-0.4, -0.2) is 142 Å². The summed E-state index contributed by atoms with van der Waals surface area (Å²) in [7, 11) is 1.65. The molecule has 284 valence electrons. The van der Waals surface area contributed by atoms with Gasteiger partial charge in [0.05, 0.1) is 112 Å². The molecule has 0 bridgehead atoms. The first-order valence-corrected chi connectivity index (χ1v) is 15.6. The number of hydrogen-bond donors (Lipinski definition) is 0. The molecule has 0 atom stereocenters. The van der Waals surface area contributed by atoms with Crippen molar-refractivity contribution in [1.29, 1.82) is 0 Å². The van der Waals surface area contributed by atoms with E-state index in [1.165, 1.54) is 4.90 Å². The number of nitrogens with zero attached hydrogens (tertiary/aromatic N) is 1. The Morgan fingerprint density at radius 1 is 0.510 bits per heavy atom. The Labute approximate surface area is 283 Å². The normalized spacial score (nSPS) is 11.6. The lowest BCUT2D eigenvalue weighted by Crippen LogP contribution is -2.36. The van der Waals surface area contributed by atoms with Crippen LogP contribution in [0.15, 0.2) is 0 Å². The van der Waals surface area contributed by atoms with Crippen LogP contribution in [0.4, 0.5) is 26.7 Å². The van der Waals surface area contributed by atoms with E-state index in [1.54, 1.807) is 7.05 Å². The van der Waals surface area contributed by atoms with E-state index >= 15 is 0 Å². The molecule has 0 aliphatic carbocycles. The molecule has 0 saturated heterocycles. The molecule has 0 spiro atoms. The number of carbonyl (C=O) groups is 2. The molecule has 49 heavy (non-hydrogen) atoms. The van der Waals surface area contributed by atoms with E-state index in [9.17, 15) is 31.5 Å². The summed E-state index contributed by atoms with van der Waals surface area (Å²) in [6.45, 7) is 10.8. The first-order chi connectivity index (χ1) is 23.3. The lowest BCUT2D eigenvalue weighted by atomic mass is 10.2. The number of benzene rings is 1. The number of halogens is 5. The molecule has 1 rings (SSSR count). The zero-order valence-corrected chi connectivity index (χ0v) is 28.5. The monoisotopic (exact) mass is 721 g/mol. The average molecular weight is 722 g/mol. The number of esters is 1. The average Bonchev–Trinajstić information content (AvgIpc) is 3.05. The van der Waals surface area contributed by atoms with Gasteiger partial charge in [-0.2, -0.15) is 8.78 Å². The van der Waals surface area contributed by atoms with Crippen molar-refractivity contribution in [2.75, 3.05) is 119 Å². The van der Waals surface area contributed by atoms with E-state index < -0.39 is 58.9 Å². The molecule has 0 unspecified atom stereocenters. The third kappa shape index (κ3) is 21.2.